The summed E-state index contributed by atoms with van der Waals surface area (Å²) in [5, 5.41) is 0. The maximum absolute atomic E-state index is 11.1. The van der Waals surface area contributed by atoms with Crippen LogP contribution in [0, 0.1) is 0 Å². The first-order chi connectivity index (χ1) is 5.79. The summed E-state index contributed by atoms with van der Waals surface area (Å²) in [4.78, 5) is 12.7. The van der Waals surface area contributed by atoms with Crippen molar-refractivity contribution in [1.29, 1.82) is 0 Å². The molecule has 0 spiro atoms. The number of hydrogen-bond acceptors (Lipinski definition) is 3. The number of carbonyl (C=O) groups excluding carboxylic acids is 1. The molecule has 0 N–H and O–H groups in total. The first kappa shape index (κ1) is 9.32. The Bertz CT molecular complexity index is 160. The lowest BCUT2D eigenvalue weighted by Gasteiger charge is -2.23. The fourth-order valence-corrected chi connectivity index (χ4v) is 1.31. The van der Waals surface area contributed by atoms with E-state index in [2.05, 4.69) is 6.92 Å². The molecule has 4 nitrogen and oxygen atoms in total. The van der Waals surface area contributed by atoms with Crippen LogP contribution in [-0.4, -0.2) is 37.5 Å². The molecule has 0 aromatic rings. The van der Waals surface area contributed by atoms with E-state index in [9.17, 15) is 4.79 Å². The van der Waals surface area contributed by atoms with Gasteiger partial charge in [0.15, 0.2) is 0 Å². The van der Waals surface area contributed by atoms with Gasteiger partial charge < -0.3 is 9.47 Å². The third-order valence-corrected chi connectivity index (χ3v) is 1.95. The van der Waals surface area contributed by atoms with E-state index < -0.39 is 0 Å². The lowest BCUT2D eigenvalue weighted by atomic mass is 10.3. The van der Waals surface area contributed by atoms with Gasteiger partial charge in [-0.2, -0.15) is 0 Å². The highest BCUT2D eigenvalue weighted by molar-refractivity contribution is 5.69. The number of carbonyl (C=O) groups is 1. The summed E-state index contributed by atoms with van der Waals surface area (Å²) in [7, 11) is 1.62. The highest BCUT2D eigenvalue weighted by Gasteiger charge is 2.28. The van der Waals surface area contributed by atoms with Crippen LogP contribution in [0.1, 0.15) is 19.8 Å². The number of cyclic esters (lactones) is 1. The van der Waals surface area contributed by atoms with Crippen molar-refractivity contribution in [3.63, 3.8) is 0 Å². The predicted octanol–water partition coefficient (Wildman–Crippen LogP) is 1.21. The summed E-state index contributed by atoms with van der Waals surface area (Å²) in [6, 6.07) is 0. The van der Waals surface area contributed by atoms with Gasteiger partial charge in [-0.15, -0.1) is 0 Å². The number of nitrogens with zero attached hydrogens (tertiary/aromatic N) is 1. The van der Waals surface area contributed by atoms with Gasteiger partial charge in [-0.3, -0.25) is 4.90 Å². The molecule has 0 aromatic carbocycles. The maximum atomic E-state index is 11.1. The number of methoxy groups -OCH3 is 1. The van der Waals surface area contributed by atoms with Crippen molar-refractivity contribution in [3.8, 4) is 0 Å². The predicted molar refractivity (Wildman–Crippen MR) is 43.8 cm³/mol. The van der Waals surface area contributed by atoms with E-state index in [0.29, 0.717) is 13.2 Å². The molecule has 12 heavy (non-hydrogen) atoms. The van der Waals surface area contributed by atoms with E-state index in [-0.39, 0.29) is 12.3 Å². The summed E-state index contributed by atoms with van der Waals surface area (Å²) in [6.45, 7) is 3.20. The summed E-state index contributed by atoms with van der Waals surface area (Å²) >= 11 is 0. The lowest BCUT2D eigenvalue weighted by Crippen LogP contribution is -2.37. The number of ether oxygens (including phenoxy) is 2. The molecule has 0 aliphatic carbocycles. The van der Waals surface area contributed by atoms with Crippen LogP contribution in [0.4, 0.5) is 4.79 Å². The van der Waals surface area contributed by atoms with Crippen LogP contribution in [0.5, 0.6) is 0 Å². The van der Waals surface area contributed by atoms with Crippen LogP contribution in [0.3, 0.4) is 0 Å². The zero-order valence-corrected chi connectivity index (χ0v) is 7.58. The minimum absolute atomic E-state index is 0.106. The van der Waals surface area contributed by atoms with Crippen LogP contribution in [-0.2, 0) is 9.47 Å². The van der Waals surface area contributed by atoms with Crippen LogP contribution >= 0.6 is 0 Å². The number of hydrogen-bond donors (Lipinski definition) is 0. The lowest BCUT2D eigenvalue weighted by molar-refractivity contribution is -0.00765. The molecule has 0 radical (unpaired) electrons. The van der Waals surface area contributed by atoms with E-state index in [4.69, 9.17) is 9.47 Å². The second-order valence-electron chi connectivity index (χ2n) is 2.79. The molecule has 1 amide bonds. The van der Waals surface area contributed by atoms with E-state index in [1.54, 1.807) is 12.0 Å². The molecule has 1 heterocycles. The molecule has 1 fully saturated rings. The zero-order chi connectivity index (χ0) is 8.97. The van der Waals surface area contributed by atoms with E-state index in [0.717, 1.165) is 12.8 Å². The highest BCUT2D eigenvalue weighted by Crippen LogP contribution is 2.13. The number of rotatable bonds is 4. The van der Waals surface area contributed by atoms with Crippen molar-refractivity contribution in [2.75, 3.05) is 20.3 Å². The Balaban J connectivity index is 2.46. The fraction of sp³-hybridized carbons (Fsp3) is 0.875. The summed E-state index contributed by atoms with van der Waals surface area (Å²) < 4.78 is 9.97. The van der Waals surface area contributed by atoms with Gasteiger partial charge in [0, 0.05) is 7.11 Å². The van der Waals surface area contributed by atoms with Crippen molar-refractivity contribution in [2.45, 2.75) is 26.0 Å². The first-order valence-electron chi connectivity index (χ1n) is 4.25. The monoisotopic (exact) mass is 173 g/mol. The molecule has 1 aliphatic heterocycles. The maximum Gasteiger partial charge on any atom is 0.412 e. The Labute approximate surface area is 72.4 Å². The van der Waals surface area contributed by atoms with Gasteiger partial charge in [0.2, 0.25) is 0 Å². The van der Waals surface area contributed by atoms with Gasteiger partial charge >= 0.3 is 6.09 Å². The zero-order valence-electron chi connectivity index (χ0n) is 7.58. The normalized spacial score (nSPS) is 19.5. The molecular formula is C8H15NO3. The summed E-state index contributed by atoms with van der Waals surface area (Å²) in [5.74, 6) is 0. The van der Waals surface area contributed by atoms with Gasteiger partial charge in [0.05, 0.1) is 6.54 Å². The Kier molecular flexibility index (Phi) is 3.34. The molecular weight excluding hydrogens is 158 g/mol. The molecule has 0 saturated carbocycles. The van der Waals surface area contributed by atoms with Crippen molar-refractivity contribution in [2.24, 2.45) is 0 Å². The fourth-order valence-electron chi connectivity index (χ4n) is 1.31. The van der Waals surface area contributed by atoms with E-state index in [1.807, 2.05) is 0 Å². The van der Waals surface area contributed by atoms with Crippen LogP contribution in [0.2, 0.25) is 0 Å². The van der Waals surface area contributed by atoms with Crippen LogP contribution in [0.15, 0.2) is 0 Å². The summed E-state index contributed by atoms with van der Waals surface area (Å²) in [5.41, 5.74) is 0. The quantitative estimate of drug-likeness (QED) is 0.641. The average molecular weight is 173 g/mol. The van der Waals surface area contributed by atoms with Crippen LogP contribution < -0.4 is 0 Å². The average Bonchev–Trinajstić information content (AvgIpc) is 2.47. The second kappa shape index (κ2) is 4.30. The molecule has 0 bridgehead atoms. The first-order valence-corrected chi connectivity index (χ1v) is 4.25. The topological polar surface area (TPSA) is 38.8 Å². The molecule has 1 aliphatic rings. The second-order valence-corrected chi connectivity index (χ2v) is 2.79. The Morgan fingerprint density at radius 2 is 2.50 bits per heavy atom. The molecule has 1 atom stereocenters. The molecule has 70 valence electrons. The van der Waals surface area contributed by atoms with E-state index >= 15 is 0 Å². The third kappa shape index (κ3) is 1.88. The minimum Gasteiger partial charge on any atom is -0.447 e. The Hall–Kier alpha value is -0.770. The summed E-state index contributed by atoms with van der Waals surface area (Å²) in [6.07, 6.45) is 1.51. The Morgan fingerprint density at radius 3 is 2.92 bits per heavy atom. The number of amides is 1. The largest absolute Gasteiger partial charge is 0.447 e. The molecule has 1 unspecified atom stereocenters. The smallest absolute Gasteiger partial charge is 0.412 e. The van der Waals surface area contributed by atoms with Crippen molar-refractivity contribution in [3.05, 3.63) is 0 Å². The Morgan fingerprint density at radius 1 is 1.75 bits per heavy atom. The van der Waals surface area contributed by atoms with Crippen molar-refractivity contribution < 1.29 is 14.3 Å². The third-order valence-electron chi connectivity index (χ3n) is 1.95. The standard InChI is InChI=1S/C8H15NO3/c1-3-4-7(11-2)9-5-6-12-8(9)10/h7H,3-6H2,1-2H3. The van der Waals surface area contributed by atoms with Gasteiger partial charge in [0.1, 0.15) is 12.8 Å². The van der Waals surface area contributed by atoms with Gasteiger partial charge in [-0.1, -0.05) is 13.3 Å². The molecule has 1 rings (SSSR count). The highest BCUT2D eigenvalue weighted by atomic mass is 16.6. The molecule has 1 saturated heterocycles. The van der Waals surface area contributed by atoms with Gasteiger partial charge in [-0.05, 0) is 6.42 Å². The van der Waals surface area contributed by atoms with Crippen molar-refractivity contribution >= 4 is 6.09 Å². The SMILES string of the molecule is CCCC(OC)N1CCOC1=O. The van der Waals surface area contributed by atoms with Crippen LogP contribution in [0.25, 0.3) is 0 Å². The van der Waals surface area contributed by atoms with Crippen molar-refractivity contribution in [1.82, 2.24) is 4.90 Å². The van der Waals surface area contributed by atoms with Gasteiger partial charge in [0.25, 0.3) is 0 Å². The minimum atomic E-state index is -0.254. The van der Waals surface area contributed by atoms with Gasteiger partial charge in [-0.25, -0.2) is 4.79 Å². The molecule has 4 heteroatoms. The van der Waals surface area contributed by atoms with E-state index in [1.165, 1.54) is 0 Å². The molecule has 0 aromatic heterocycles.